The maximum Gasteiger partial charge on any atom is 0.240 e. The van der Waals surface area contributed by atoms with Crippen molar-refractivity contribution in [3.63, 3.8) is 0 Å². The summed E-state index contributed by atoms with van der Waals surface area (Å²) in [7, 11) is 0. The van der Waals surface area contributed by atoms with Gasteiger partial charge >= 0.3 is 0 Å². The van der Waals surface area contributed by atoms with Crippen LogP contribution in [0, 0.1) is 11.3 Å². The Morgan fingerprint density at radius 2 is 1.27 bits per heavy atom. The van der Waals surface area contributed by atoms with Crippen molar-refractivity contribution in [3.05, 3.63) is 108 Å². The van der Waals surface area contributed by atoms with Gasteiger partial charge in [0.2, 0.25) is 5.91 Å². The number of ether oxygens (including phenoxy) is 2. The average Bonchev–Trinajstić information content (AvgIpc) is 3.30. The van der Waals surface area contributed by atoms with Crippen LogP contribution in [-0.2, 0) is 34.0 Å². The van der Waals surface area contributed by atoms with Crippen LogP contribution in [0.1, 0.15) is 56.7 Å². The zero-order chi connectivity index (χ0) is 28.0. The molecule has 212 valence electrons. The predicted octanol–water partition coefficient (Wildman–Crippen LogP) is 6.37. The van der Waals surface area contributed by atoms with Gasteiger partial charge in [-0.15, -0.1) is 0 Å². The molecule has 5 nitrogen and oxygen atoms in total. The van der Waals surface area contributed by atoms with Crippen molar-refractivity contribution >= 4 is 5.91 Å². The number of carbonyl (C=O) groups excluding carboxylic acids is 1. The number of benzene rings is 3. The van der Waals surface area contributed by atoms with Crippen LogP contribution in [0.5, 0.6) is 0 Å². The fourth-order valence-electron chi connectivity index (χ4n) is 6.57. The van der Waals surface area contributed by atoms with E-state index in [0.717, 1.165) is 19.3 Å². The summed E-state index contributed by atoms with van der Waals surface area (Å²) in [6.45, 7) is 9.46. The van der Waals surface area contributed by atoms with Crippen molar-refractivity contribution < 1.29 is 14.3 Å². The molecule has 1 saturated heterocycles. The van der Waals surface area contributed by atoms with Crippen molar-refractivity contribution in [2.45, 2.75) is 77.4 Å². The summed E-state index contributed by atoms with van der Waals surface area (Å²) in [5.41, 5.74) is 3.23. The molecular formula is C35H44N2O3. The number of nitrogens with zero attached hydrogens (tertiary/aromatic N) is 1. The van der Waals surface area contributed by atoms with Gasteiger partial charge in [-0.25, -0.2) is 0 Å². The molecule has 0 aromatic heterocycles. The highest BCUT2D eigenvalue weighted by molar-refractivity contribution is 5.83. The van der Waals surface area contributed by atoms with Crippen LogP contribution in [0.15, 0.2) is 91.0 Å². The van der Waals surface area contributed by atoms with Crippen LogP contribution in [0.3, 0.4) is 0 Å². The van der Waals surface area contributed by atoms with Gasteiger partial charge in [0.1, 0.15) is 0 Å². The van der Waals surface area contributed by atoms with Gasteiger partial charge in [0.05, 0.1) is 32.5 Å². The van der Waals surface area contributed by atoms with Crippen LogP contribution in [0.4, 0.5) is 0 Å². The first-order chi connectivity index (χ1) is 19.3. The van der Waals surface area contributed by atoms with Crippen LogP contribution in [-0.4, -0.2) is 41.6 Å². The number of nitrogens with one attached hydrogen (secondary N) is 1. The molecule has 5 rings (SSSR count). The topological polar surface area (TPSA) is 50.8 Å². The lowest BCUT2D eigenvalue weighted by atomic mass is 9.84. The van der Waals surface area contributed by atoms with Gasteiger partial charge in [-0.2, -0.15) is 0 Å². The molecule has 3 aromatic rings. The van der Waals surface area contributed by atoms with Gasteiger partial charge in [0, 0.05) is 23.5 Å². The van der Waals surface area contributed by atoms with E-state index in [2.05, 4.69) is 104 Å². The second-order valence-corrected chi connectivity index (χ2v) is 12.8. The third kappa shape index (κ3) is 7.39. The van der Waals surface area contributed by atoms with Gasteiger partial charge in [0.25, 0.3) is 0 Å². The molecule has 1 amide bonds. The first-order valence-corrected chi connectivity index (χ1v) is 14.7. The Labute approximate surface area is 239 Å². The van der Waals surface area contributed by atoms with Gasteiger partial charge < -0.3 is 19.7 Å². The average molecular weight is 541 g/mol. The Balaban J connectivity index is 1.37. The zero-order valence-electron chi connectivity index (χ0n) is 24.2. The molecule has 2 aliphatic rings. The molecule has 1 unspecified atom stereocenters. The van der Waals surface area contributed by atoms with E-state index < -0.39 is 0 Å². The van der Waals surface area contributed by atoms with Gasteiger partial charge in [-0.1, -0.05) is 91.0 Å². The minimum Gasteiger partial charge on any atom is -0.376 e. The lowest BCUT2D eigenvalue weighted by Gasteiger charge is -2.43. The van der Waals surface area contributed by atoms with Crippen molar-refractivity contribution in [2.75, 3.05) is 13.2 Å². The highest BCUT2D eigenvalue weighted by Gasteiger charge is 2.53. The van der Waals surface area contributed by atoms with E-state index in [1.54, 1.807) is 0 Å². The Morgan fingerprint density at radius 1 is 0.775 bits per heavy atom. The van der Waals surface area contributed by atoms with Gasteiger partial charge in [-0.3, -0.25) is 4.79 Å². The lowest BCUT2D eigenvalue weighted by Crippen LogP contribution is -2.60. The second kappa shape index (κ2) is 12.7. The molecule has 0 spiro atoms. The van der Waals surface area contributed by atoms with Gasteiger partial charge in [-0.05, 0) is 62.6 Å². The first kappa shape index (κ1) is 28.5. The molecule has 0 bridgehead atoms. The normalized spacial score (nSPS) is 22.3. The standard InChI is InChI=1S/C35H44N2O3/c1-34(2,3)36-31-19-30-20-35(25-39-23-28-15-9-5-10-16-28,26-40-24-29-17-11-6-12-18-29)21-32(30)37(33(31)38)22-27-13-7-4-8-14-27/h4-18,30-32,36H,19-26H2,1-3H3/t30-,31?,32-/m1/s1. The van der Waals surface area contributed by atoms with E-state index in [9.17, 15) is 4.79 Å². The summed E-state index contributed by atoms with van der Waals surface area (Å²) in [5, 5.41) is 3.64. The molecule has 3 atom stereocenters. The molecule has 5 heteroatoms. The number of amides is 1. The number of carbonyl (C=O) groups is 1. The third-order valence-corrected chi connectivity index (χ3v) is 8.24. The Kier molecular flexibility index (Phi) is 9.04. The minimum absolute atomic E-state index is 0.140. The Morgan fingerprint density at radius 3 is 1.77 bits per heavy atom. The second-order valence-electron chi connectivity index (χ2n) is 12.8. The number of hydrogen-bond donors (Lipinski definition) is 1. The third-order valence-electron chi connectivity index (χ3n) is 8.24. The Hall–Kier alpha value is -2.99. The number of rotatable bonds is 11. The van der Waals surface area contributed by atoms with E-state index in [4.69, 9.17) is 9.47 Å². The highest BCUT2D eigenvalue weighted by atomic mass is 16.5. The van der Waals surface area contributed by atoms with Crippen molar-refractivity contribution in [1.29, 1.82) is 0 Å². The van der Waals surface area contributed by atoms with E-state index in [1.807, 2.05) is 18.2 Å². The largest absolute Gasteiger partial charge is 0.376 e. The molecule has 3 aromatic carbocycles. The van der Waals surface area contributed by atoms with Crippen LogP contribution < -0.4 is 5.32 Å². The molecule has 1 aliphatic heterocycles. The van der Waals surface area contributed by atoms with Gasteiger partial charge in [0.15, 0.2) is 0 Å². The van der Waals surface area contributed by atoms with E-state index >= 15 is 0 Å². The van der Waals surface area contributed by atoms with Crippen LogP contribution in [0.25, 0.3) is 0 Å². The maximum atomic E-state index is 14.0. The summed E-state index contributed by atoms with van der Waals surface area (Å²) in [4.78, 5) is 16.1. The molecule has 1 heterocycles. The molecule has 1 saturated carbocycles. The molecule has 2 fully saturated rings. The molecule has 40 heavy (non-hydrogen) atoms. The molecule has 1 aliphatic carbocycles. The summed E-state index contributed by atoms with van der Waals surface area (Å²) < 4.78 is 12.8. The highest BCUT2D eigenvalue weighted by Crippen LogP contribution is 2.49. The van der Waals surface area contributed by atoms with Crippen molar-refractivity contribution in [3.8, 4) is 0 Å². The number of likely N-dealkylation sites (tertiary alicyclic amines) is 1. The number of fused-ring (bicyclic) bond motifs is 1. The molecule has 1 N–H and O–H groups in total. The van der Waals surface area contributed by atoms with Crippen LogP contribution in [0.2, 0.25) is 0 Å². The quantitative estimate of drug-likeness (QED) is 0.307. The fourth-order valence-corrected chi connectivity index (χ4v) is 6.57. The first-order valence-electron chi connectivity index (χ1n) is 14.7. The predicted molar refractivity (Wildman–Crippen MR) is 159 cm³/mol. The summed E-state index contributed by atoms with van der Waals surface area (Å²) >= 11 is 0. The summed E-state index contributed by atoms with van der Waals surface area (Å²) in [5.74, 6) is 0.605. The zero-order valence-corrected chi connectivity index (χ0v) is 24.2. The van der Waals surface area contributed by atoms with Crippen molar-refractivity contribution in [1.82, 2.24) is 10.2 Å². The SMILES string of the molecule is CC(C)(C)NC1C[C@@H]2CC(COCc3ccccc3)(COCc3ccccc3)C[C@H]2N(Cc2ccccc2)C1=O. The summed E-state index contributed by atoms with van der Waals surface area (Å²) in [6, 6.07) is 31.1. The minimum atomic E-state index is -0.184. The van der Waals surface area contributed by atoms with E-state index in [1.165, 1.54) is 16.7 Å². The maximum absolute atomic E-state index is 14.0. The molecular weight excluding hydrogens is 496 g/mol. The number of piperidine rings is 1. The van der Waals surface area contributed by atoms with E-state index in [0.29, 0.717) is 38.9 Å². The Bertz CT molecular complexity index is 1160. The fraction of sp³-hybridized carbons (Fsp3) is 0.457. The number of hydrogen-bond acceptors (Lipinski definition) is 4. The lowest BCUT2D eigenvalue weighted by molar-refractivity contribution is -0.142. The van der Waals surface area contributed by atoms with E-state index in [-0.39, 0.29) is 28.9 Å². The molecule has 0 radical (unpaired) electrons. The van der Waals surface area contributed by atoms with Crippen molar-refractivity contribution in [2.24, 2.45) is 11.3 Å². The van der Waals surface area contributed by atoms with Crippen LogP contribution >= 0.6 is 0 Å². The monoisotopic (exact) mass is 540 g/mol. The summed E-state index contributed by atoms with van der Waals surface area (Å²) in [6.07, 6.45) is 2.73. The smallest absolute Gasteiger partial charge is 0.240 e.